The van der Waals surface area contributed by atoms with E-state index in [1.165, 1.54) is 0 Å². The molecular formula is C20H21N3O3S. The molecule has 1 aliphatic rings. The number of nitrogens with zero attached hydrogens (tertiary/aromatic N) is 1. The molecule has 27 heavy (non-hydrogen) atoms. The first kappa shape index (κ1) is 19.0. The molecule has 0 spiro atoms. The summed E-state index contributed by atoms with van der Waals surface area (Å²) in [5, 5.41) is 5.56. The predicted octanol–water partition coefficient (Wildman–Crippen LogP) is 2.59. The molecule has 140 valence electrons. The highest BCUT2D eigenvalue weighted by atomic mass is 32.2. The second kappa shape index (κ2) is 8.73. The lowest BCUT2D eigenvalue weighted by atomic mass is 10.1. The molecule has 1 atom stereocenters. The monoisotopic (exact) mass is 383 g/mol. The molecule has 3 amide bonds. The highest BCUT2D eigenvalue weighted by molar-refractivity contribution is 7.99. The molecule has 0 aliphatic carbocycles. The van der Waals surface area contributed by atoms with Crippen molar-refractivity contribution in [2.24, 2.45) is 0 Å². The van der Waals surface area contributed by atoms with Crippen LogP contribution >= 0.6 is 11.8 Å². The fraction of sp³-hybridized carbons (Fsp3) is 0.250. The second-order valence-corrected chi connectivity index (χ2v) is 7.09. The molecule has 0 saturated carbocycles. The second-order valence-electron chi connectivity index (χ2n) is 6.09. The smallest absolute Gasteiger partial charge is 0.255 e. The number of carbonyl (C=O) groups is 3. The zero-order chi connectivity index (χ0) is 19.2. The minimum absolute atomic E-state index is 0.156. The molecule has 1 saturated heterocycles. The van der Waals surface area contributed by atoms with E-state index in [1.54, 1.807) is 65.2 Å². The molecule has 2 aromatic rings. The molecule has 1 fully saturated rings. The Morgan fingerprint density at radius 3 is 2.56 bits per heavy atom. The molecule has 7 heteroatoms. The predicted molar refractivity (Wildman–Crippen MR) is 107 cm³/mol. The lowest BCUT2D eigenvalue weighted by Crippen LogP contribution is -2.44. The fourth-order valence-electron chi connectivity index (χ4n) is 2.83. The Balaban J connectivity index is 1.71. The number of anilines is 1. The third-order valence-corrected chi connectivity index (χ3v) is 5.21. The first-order chi connectivity index (χ1) is 13.1. The van der Waals surface area contributed by atoms with Crippen LogP contribution in [0.15, 0.2) is 54.6 Å². The van der Waals surface area contributed by atoms with Crippen LogP contribution in [-0.2, 0) is 4.79 Å². The topological polar surface area (TPSA) is 78.5 Å². The van der Waals surface area contributed by atoms with Crippen LogP contribution in [0.5, 0.6) is 0 Å². The van der Waals surface area contributed by atoms with E-state index in [2.05, 4.69) is 10.6 Å². The maximum Gasteiger partial charge on any atom is 0.255 e. The Labute approximate surface area is 162 Å². The Hall–Kier alpha value is -2.80. The number of rotatable bonds is 5. The molecule has 1 heterocycles. The van der Waals surface area contributed by atoms with Crippen molar-refractivity contribution in [1.29, 1.82) is 0 Å². The van der Waals surface area contributed by atoms with E-state index in [-0.39, 0.29) is 17.7 Å². The summed E-state index contributed by atoms with van der Waals surface area (Å²) < 4.78 is 0. The van der Waals surface area contributed by atoms with Gasteiger partial charge in [-0.2, -0.15) is 0 Å². The largest absolute Gasteiger partial charge is 0.352 e. The van der Waals surface area contributed by atoms with Crippen molar-refractivity contribution in [2.75, 3.05) is 23.5 Å². The Morgan fingerprint density at radius 1 is 1.07 bits per heavy atom. The van der Waals surface area contributed by atoms with Gasteiger partial charge in [0.2, 0.25) is 5.91 Å². The Bertz CT molecular complexity index is 841. The number of nitrogens with one attached hydrogen (secondary N) is 2. The third-order valence-electron chi connectivity index (χ3n) is 4.20. The van der Waals surface area contributed by atoms with Gasteiger partial charge in [-0.05, 0) is 37.3 Å². The molecule has 1 unspecified atom stereocenters. The van der Waals surface area contributed by atoms with Gasteiger partial charge in [-0.25, -0.2) is 0 Å². The van der Waals surface area contributed by atoms with Crippen LogP contribution in [0, 0.1) is 0 Å². The van der Waals surface area contributed by atoms with Gasteiger partial charge in [0.25, 0.3) is 11.8 Å². The van der Waals surface area contributed by atoms with Gasteiger partial charge in [0.1, 0.15) is 6.04 Å². The van der Waals surface area contributed by atoms with E-state index in [9.17, 15) is 14.4 Å². The zero-order valence-electron chi connectivity index (χ0n) is 15.0. The third kappa shape index (κ3) is 4.49. The Kier molecular flexibility index (Phi) is 6.13. The molecule has 6 nitrogen and oxygen atoms in total. The van der Waals surface area contributed by atoms with Crippen LogP contribution in [0.25, 0.3) is 0 Å². The van der Waals surface area contributed by atoms with E-state index in [0.29, 0.717) is 35.0 Å². The SMILES string of the molecule is CCNC(=O)c1cccc(NC(=O)C2CSCN2C(=O)c2ccccc2)c1. The van der Waals surface area contributed by atoms with Gasteiger partial charge in [-0.3, -0.25) is 14.4 Å². The van der Waals surface area contributed by atoms with E-state index in [1.807, 2.05) is 13.0 Å². The molecule has 2 aromatic carbocycles. The summed E-state index contributed by atoms with van der Waals surface area (Å²) >= 11 is 1.55. The molecule has 0 radical (unpaired) electrons. The highest BCUT2D eigenvalue weighted by Crippen LogP contribution is 2.24. The molecule has 0 aromatic heterocycles. The fourth-order valence-corrected chi connectivity index (χ4v) is 3.99. The minimum atomic E-state index is -0.546. The standard InChI is InChI=1S/C20H21N3O3S/c1-2-21-18(24)15-9-6-10-16(11-15)22-19(25)17-12-27-13-23(17)20(26)14-7-4-3-5-8-14/h3-11,17H,2,12-13H2,1H3,(H,21,24)(H,22,25). The van der Waals surface area contributed by atoms with Gasteiger partial charge in [0, 0.05) is 29.1 Å². The van der Waals surface area contributed by atoms with Crippen LogP contribution in [0.4, 0.5) is 5.69 Å². The van der Waals surface area contributed by atoms with Crippen LogP contribution in [0.3, 0.4) is 0 Å². The van der Waals surface area contributed by atoms with Gasteiger partial charge in [0.15, 0.2) is 0 Å². The lowest BCUT2D eigenvalue weighted by Gasteiger charge is -2.23. The zero-order valence-corrected chi connectivity index (χ0v) is 15.8. The first-order valence-electron chi connectivity index (χ1n) is 8.73. The summed E-state index contributed by atoms with van der Waals surface area (Å²) in [7, 11) is 0. The van der Waals surface area contributed by atoms with Crippen molar-refractivity contribution in [3.8, 4) is 0 Å². The van der Waals surface area contributed by atoms with E-state index in [4.69, 9.17) is 0 Å². The van der Waals surface area contributed by atoms with Crippen molar-refractivity contribution in [3.63, 3.8) is 0 Å². The number of amides is 3. The maximum absolute atomic E-state index is 12.7. The molecule has 3 rings (SSSR count). The van der Waals surface area contributed by atoms with Crippen molar-refractivity contribution >= 4 is 35.2 Å². The summed E-state index contributed by atoms with van der Waals surface area (Å²) in [4.78, 5) is 39.0. The van der Waals surface area contributed by atoms with Crippen LogP contribution < -0.4 is 10.6 Å². The van der Waals surface area contributed by atoms with Gasteiger partial charge >= 0.3 is 0 Å². The lowest BCUT2D eigenvalue weighted by molar-refractivity contribution is -0.119. The van der Waals surface area contributed by atoms with Crippen molar-refractivity contribution in [3.05, 3.63) is 65.7 Å². The van der Waals surface area contributed by atoms with Crippen molar-refractivity contribution in [1.82, 2.24) is 10.2 Å². The summed E-state index contributed by atoms with van der Waals surface area (Å²) in [5.74, 6) is 0.422. The van der Waals surface area contributed by atoms with Crippen molar-refractivity contribution < 1.29 is 14.4 Å². The number of hydrogen-bond acceptors (Lipinski definition) is 4. The van der Waals surface area contributed by atoms with Crippen LogP contribution in [0.1, 0.15) is 27.6 Å². The van der Waals surface area contributed by atoms with Gasteiger partial charge in [-0.15, -0.1) is 11.8 Å². The number of hydrogen-bond donors (Lipinski definition) is 2. The number of carbonyl (C=O) groups excluding carboxylic acids is 3. The number of thioether (sulfide) groups is 1. The summed E-state index contributed by atoms with van der Waals surface area (Å²) in [6.45, 7) is 2.38. The molecule has 0 bridgehead atoms. The van der Waals surface area contributed by atoms with Crippen molar-refractivity contribution in [2.45, 2.75) is 13.0 Å². The van der Waals surface area contributed by atoms with E-state index in [0.717, 1.165) is 0 Å². The maximum atomic E-state index is 12.7. The van der Waals surface area contributed by atoms with Crippen LogP contribution in [-0.4, -0.2) is 46.8 Å². The first-order valence-corrected chi connectivity index (χ1v) is 9.88. The average Bonchev–Trinajstić information content (AvgIpc) is 3.18. The van der Waals surface area contributed by atoms with Gasteiger partial charge in [-0.1, -0.05) is 24.3 Å². The Morgan fingerprint density at radius 2 is 1.81 bits per heavy atom. The normalized spacial score (nSPS) is 16.0. The van der Waals surface area contributed by atoms with E-state index < -0.39 is 6.04 Å². The minimum Gasteiger partial charge on any atom is -0.352 e. The number of benzene rings is 2. The molecular weight excluding hydrogens is 362 g/mol. The van der Waals surface area contributed by atoms with Crippen LogP contribution in [0.2, 0.25) is 0 Å². The molecule has 2 N–H and O–H groups in total. The summed E-state index contributed by atoms with van der Waals surface area (Å²) in [5.41, 5.74) is 1.58. The van der Waals surface area contributed by atoms with E-state index >= 15 is 0 Å². The quantitative estimate of drug-likeness (QED) is 0.832. The molecule has 1 aliphatic heterocycles. The summed E-state index contributed by atoms with van der Waals surface area (Å²) in [6, 6.07) is 15.2. The van der Waals surface area contributed by atoms with Gasteiger partial charge < -0.3 is 15.5 Å². The summed E-state index contributed by atoms with van der Waals surface area (Å²) in [6.07, 6.45) is 0. The highest BCUT2D eigenvalue weighted by Gasteiger charge is 2.35. The average molecular weight is 383 g/mol. The van der Waals surface area contributed by atoms with Gasteiger partial charge in [0.05, 0.1) is 5.88 Å².